The van der Waals surface area contributed by atoms with E-state index in [2.05, 4.69) is 15.9 Å². The Morgan fingerprint density at radius 2 is 1.75 bits per heavy atom. The summed E-state index contributed by atoms with van der Waals surface area (Å²) >= 11 is 16.7. The predicted octanol–water partition coefficient (Wildman–Crippen LogP) is 4.67. The SMILES string of the molecule is OC(c1cc2c(cc1Br)OCCO2)c1cc(Cl)sc1Cl. The van der Waals surface area contributed by atoms with Gasteiger partial charge in [-0.3, -0.25) is 0 Å². The van der Waals surface area contributed by atoms with E-state index >= 15 is 0 Å². The molecule has 0 aliphatic carbocycles. The molecule has 1 aliphatic rings. The van der Waals surface area contributed by atoms with Crippen molar-refractivity contribution in [2.75, 3.05) is 13.2 Å². The van der Waals surface area contributed by atoms with Crippen LogP contribution in [0.2, 0.25) is 8.67 Å². The Hall–Kier alpha value is -0.460. The van der Waals surface area contributed by atoms with Crippen molar-refractivity contribution in [3.8, 4) is 11.5 Å². The number of rotatable bonds is 2. The van der Waals surface area contributed by atoms with Gasteiger partial charge in [0.15, 0.2) is 11.5 Å². The lowest BCUT2D eigenvalue weighted by Crippen LogP contribution is -2.16. The van der Waals surface area contributed by atoms with E-state index in [9.17, 15) is 5.11 Å². The smallest absolute Gasteiger partial charge is 0.162 e. The van der Waals surface area contributed by atoms with Crippen LogP contribution >= 0.6 is 50.5 Å². The molecule has 3 rings (SSSR count). The number of fused-ring (bicyclic) bond motifs is 1. The highest BCUT2D eigenvalue weighted by atomic mass is 79.9. The summed E-state index contributed by atoms with van der Waals surface area (Å²) in [7, 11) is 0. The third-order valence-corrected chi connectivity index (χ3v) is 5.14. The van der Waals surface area contributed by atoms with Crippen molar-refractivity contribution < 1.29 is 14.6 Å². The molecule has 0 saturated heterocycles. The number of aliphatic hydroxyl groups excluding tert-OH is 1. The molecule has 1 aromatic heterocycles. The first-order valence-corrected chi connectivity index (χ1v) is 8.14. The van der Waals surface area contributed by atoms with Crippen LogP contribution in [0, 0.1) is 0 Å². The highest BCUT2D eigenvalue weighted by molar-refractivity contribution is 9.10. The van der Waals surface area contributed by atoms with E-state index in [0.29, 0.717) is 44.5 Å². The van der Waals surface area contributed by atoms with Gasteiger partial charge in [0.2, 0.25) is 0 Å². The van der Waals surface area contributed by atoms with Gasteiger partial charge in [0.25, 0.3) is 0 Å². The minimum atomic E-state index is -0.878. The van der Waals surface area contributed by atoms with Gasteiger partial charge in [-0.1, -0.05) is 39.1 Å². The summed E-state index contributed by atoms with van der Waals surface area (Å²) in [5.41, 5.74) is 1.24. The zero-order valence-corrected chi connectivity index (χ0v) is 13.9. The Kier molecular flexibility index (Phi) is 4.15. The highest BCUT2D eigenvalue weighted by Crippen LogP contribution is 2.43. The fourth-order valence-corrected chi connectivity index (χ4v) is 4.06. The maximum absolute atomic E-state index is 10.5. The molecule has 1 aliphatic heterocycles. The first-order chi connectivity index (χ1) is 9.56. The van der Waals surface area contributed by atoms with Gasteiger partial charge in [0.1, 0.15) is 23.7 Å². The van der Waals surface area contributed by atoms with Crippen LogP contribution in [0.1, 0.15) is 17.2 Å². The first-order valence-electron chi connectivity index (χ1n) is 5.78. The van der Waals surface area contributed by atoms with Gasteiger partial charge in [0.05, 0.1) is 4.34 Å². The van der Waals surface area contributed by atoms with Crippen molar-refractivity contribution >= 4 is 50.5 Å². The Bertz CT molecular complexity index is 659. The fraction of sp³-hybridized carbons (Fsp3) is 0.231. The number of aliphatic hydroxyl groups is 1. The van der Waals surface area contributed by atoms with Gasteiger partial charge in [-0.15, -0.1) is 11.3 Å². The zero-order chi connectivity index (χ0) is 14.3. The molecule has 2 aromatic rings. The third-order valence-electron chi connectivity index (χ3n) is 2.93. The second kappa shape index (κ2) is 5.73. The topological polar surface area (TPSA) is 38.7 Å². The van der Waals surface area contributed by atoms with E-state index in [4.69, 9.17) is 32.7 Å². The molecule has 106 valence electrons. The van der Waals surface area contributed by atoms with Gasteiger partial charge in [-0.25, -0.2) is 0 Å². The maximum Gasteiger partial charge on any atom is 0.162 e. The molecule has 20 heavy (non-hydrogen) atoms. The van der Waals surface area contributed by atoms with Crippen molar-refractivity contribution in [1.29, 1.82) is 0 Å². The van der Waals surface area contributed by atoms with Gasteiger partial charge >= 0.3 is 0 Å². The van der Waals surface area contributed by atoms with Gasteiger partial charge in [-0.2, -0.15) is 0 Å². The largest absolute Gasteiger partial charge is 0.486 e. The molecule has 1 unspecified atom stereocenters. The van der Waals surface area contributed by atoms with Gasteiger partial charge in [-0.05, 0) is 18.2 Å². The molecule has 1 aromatic carbocycles. The average Bonchev–Trinajstić information content (AvgIpc) is 2.76. The standard InChI is InChI=1S/C13H9BrCl2O3S/c14-8-5-10-9(18-1-2-19-10)3-6(8)12(17)7-4-11(15)20-13(7)16/h3-5,12,17H,1-2H2. The molecular weight excluding hydrogens is 387 g/mol. The molecule has 2 heterocycles. The van der Waals surface area contributed by atoms with Crippen molar-refractivity contribution in [1.82, 2.24) is 0 Å². The zero-order valence-electron chi connectivity index (χ0n) is 10.0. The Morgan fingerprint density at radius 1 is 1.10 bits per heavy atom. The van der Waals surface area contributed by atoms with Crippen LogP contribution in [-0.2, 0) is 0 Å². The normalized spacial score (nSPS) is 15.2. The number of halogens is 3. The molecule has 0 saturated carbocycles. The van der Waals surface area contributed by atoms with E-state index in [1.54, 1.807) is 18.2 Å². The van der Waals surface area contributed by atoms with E-state index in [1.807, 2.05) is 0 Å². The maximum atomic E-state index is 10.5. The van der Waals surface area contributed by atoms with Crippen LogP contribution in [0.3, 0.4) is 0 Å². The van der Waals surface area contributed by atoms with E-state index < -0.39 is 6.10 Å². The van der Waals surface area contributed by atoms with Gasteiger partial charge < -0.3 is 14.6 Å². The fourth-order valence-electron chi connectivity index (χ4n) is 2.00. The number of thiophene rings is 1. The quantitative estimate of drug-likeness (QED) is 0.802. The summed E-state index contributed by atoms with van der Waals surface area (Å²) in [5.74, 6) is 1.28. The summed E-state index contributed by atoms with van der Waals surface area (Å²) in [5, 5.41) is 10.5. The monoisotopic (exact) mass is 394 g/mol. The minimum absolute atomic E-state index is 0.476. The van der Waals surface area contributed by atoms with Crippen molar-refractivity contribution in [2.24, 2.45) is 0 Å². The lowest BCUT2D eigenvalue weighted by atomic mass is 10.0. The van der Waals surface area contributed by atoms with Crippen LogP contribution < -0.4 is 9.47 Å². The van der Waals surface area contributed by atoms with Crippen LogP contribution in [0.4, 0.5) is 0 Å². The lowest BCUT2D eigenvalue weighted by Gasteiger charge is -2.21. The molecule has 0 bridgehead atoms. The number of hydrogen-bond donors (Lipinski definition) is 1. The summed E-state index contributed by atoms with van der Waals surface area (Å²) in [4.78, 5) is 0. The molecule has 0 radical (unpaired) electrons. The molecule has 0 fully saturated rings. The molecule has 3 nitrogen and oxygen atoms in total. The lowest BCUT2D eigenvalue weighted by molar-refractivity contribution is 0.169. The molecule has 1 atom stereocenters. The minimum Gasteiger partial charge on any atom is -0.486 e. The molecule has 0 amide bonds. The Morgan fingerprint density at radius 3 is 2.35 bits per heavy atom. The number of benzene rings is 1. The van der Waals surface area contributed by atoms with E-state index in [0.717, 1.165) is 4.47 Å². The van der Waals surface area contributed by atoms with Crippen LogP contribution in [0.5, 0.6) is 11.5 Å². The van der Waals surface area contributed by atoms with Crippen LogP contribution in [0.25, 0.3) is 0 Å². The molecule has 1 N–H and O–H groups in total. The molecule has 7 heteroatoms. The van der Waals surface area contributed by atoms with Crippen LogP contribution in [-0.4, -0.2) is 18.3 Å². The summed E-state index contributed by atoms with van der Waals surface area (Å²) in [6, 6.07) is 5.21. The van der Waals surface area contributed by atoms with Crippen molar-refractivity contribution in [2.45, 2.75) is 6.10 Å². The second-order valence-electron chi connectivity index (χ2n) is 4.20. The van der Waals surface area contributed by atoms with E-state index in [-0.39, 0.29) is 0 Å². The summed E-state index contributed by atoms with van der Waals surface area (Å²) in [6.07, 6.45) is -0.878. The predicted molar refractivity (Wildman–Crippen MR) is 83.5 cm³/mol. The van der Waals surface area contributed by atoms with Crippen molar-refractivity contribution in [3.63, 3.8) is 0 Å². The summed E-state index contributed by atoms with van der Waals surface area (Å²) < 4.78 is 12.8. The van der Waals surface area contributed by atoms with Gasteiger partial charge in [0, 0.05) is 15.6 Å². The second-order valence-corrected chi connectivity index (χ2v) is 7.34. The molecular formula is C13H9BrCl2O3S. The van der Waals surface area contributed by atoms with Crippen molar-refractivity contribution in [3.05, 3.63) is 42.5 Å². The average molecular weight is 396 g/mol. The number of hydrogen-bond acceptors (Lipinski definition) is 4. The summed E-state index contributed by atoms with van der Waals surface area (Å²) in [6.45, 7) is 1.02. The molecule has 0 spiro atoms. The van der Waals surface area contributed by atoms with E-state index in [1.165, 1.54) is 11.3 Å². The first kappa shape index (κ1) is 14.5. The highest BCUT2D eigenvalue weighted by Gasteiger charge is 2.23. The third kappa shape index (κ3) is 2.65. The Labute approximate surface area is 138 Å². The van der Waals surface area contributed by atoms with Crippen LogP contribution in [0.15, 0.2) is 22.7 Å². The Balaban J connectivity index is 2.03. The number of ether oxygens (including phenoxy) is 2.